The summed E-state index contributed by atoms with van der Waals surface area (Å²) in [6.07, 6.45) is -0.0552. The summed E-state index contributed by atoms with van der Waals surface area (Å²) in [5.74, 6) is 4.02. The van der Waals surface area contributed by atoms with Gasteiger partial charge in [-0.1, -0.05) is 6.07 Å². The van der Waals surface area contributed by atoms with Gasteiger partial charge in [-0.15, -0.1) is 0 Å². The molecule has 22 heavy (non-hydrogen) atoms. The highest BCUT2D eigenvalue weighted by molar-refractivity contribution is 5.61. The van der Waals surface area contributed by atoms with Crippen molar-refractivity contribution in [1.82, 2.24) is 0 Å². The van der Waals surface area contributed by atoms with Gasteiger partial charge in [0.25, 0.3) is 0 Å². The van der Waals surface area contributed by atoms with Crippen LogP contribution in [0.15, 0.2) is 30.3 Å². The highest BCUT2D eigenvalue weighted by Crippen LogP contribution is 2.57. The molecular weight excluding hydrogens is 284 g/mol. The smallest absolute Gasteiger partial charge is 0.231 e. The molecule has 2 aromatic carbocycles. The highest BCUT2D eigenvalue weighted by Gasteiger charge is 2.43. The van der Waals surface area contributed by atoms with E-state index >= 15 is 0 Å². The van der Waals surface area contributed by atoms with E-state index in [4.69, 9.17) is 23.7 Å². The standard InChI is InChI=1S/C17H14O5/c1-18-9-2-3-11-14(6-9)19-7-12-10-4-5-13-17(21-8-20-13)16(10)22-15(11)12/h2-6,12,15H,7-8H2,1H3/t12-,15-/m0/s1. The third-order valence-corrected chi connectivity index (χ3v) is 4.48. The van der Waals surface area contributed by atoms with Gasteiger partial charge in [0.1, 0.15) is 17.6 Å². The van der Waals surface area contributed by atoms with Crippen LogP contribution in [-0.4, -0.2) is 20.5 Å². The van der Waals surface area contributed by atoms with E-state index in [1.54, 1.807) is 7.11 Å². The van der Waals surface area contributed by atoms with E-state index in [0.29, 0.717) is 12.4 Å². The van der Waals surface area contributed by atoms with Crippen LogP contribution in [-0.2, 0) is 0 Å². The first kappa shape index (κ1) is 12.0. The van der Waals surface area contributed by atoms with Gasteiger partial charge in [-0.3, -0.25) is 0 Å². The number of fused-ring (bicyclic) bond motifs is 7. The van der Waals surface area contributed by atoms with Crippen LogP contribution >= 0.6 is 0 Å². The molecule has 2 atom stereocenters. The molecule has 5 heteroatoms. The molecule has 0 saturated heterocycles. The van der Waals surface area contributed by atoms with Crippen molar-refractivity contribution in [2.75, 3.05) is 20.5 Å². The van der Waals surface area contributed by atoms with E-state index in [1.165, 1.54) is 0 Å². The average molecular weight is 298 g/mol. The molecule has 0 aliphatic carbocycles. The fraction of sp³-hybridized carbons (Fsp3) is 0.294. The van der Waals surface area contributed by atoms with E-state index in [9.17, 15) is 0 Å². The van der Waals surface area contributed by atoms with Crippen LogP contribution in [0.3, 0.4) is 0 Å². The molecule has 3 heterocycles. The van der Waals surface area contributed by atoms with Gasteiger partial charge >= 0.3 is 0 Å². The van der Waals surface area contributed by atoms with Crippen LogP contribution in [0.4, 0.5) is 0 Å². The monoisotopic (exact) mass is 298 g/mol. The second-order valence-corrected chi connectivity index (χ2v) is 5.58. The maximum Gasteiger partial charge on any atom is 0.231 e. The Morgan fingerprint density at radius 2 is 1.86 bits per heavy atom. The Morgan fingerprint density at radius 1 is 0.955 bits per heavy atom. The molecule has 0 spiro atoms. The molecule has 0 aromatic heterocycles. The fourth-order valence-corrected chi connectivity index (χ4v) is 3.39. The van der Waals surface area contributed by atoms with Crippen LogP contribution in [0.25, 0.3) is 0 Å². The van der Waals surface area contributed by atoms with E-state index in [0.717, 1.165) is 34.1 Å². The van der Waals surface area contributed by atoms with Crippen LogP contribution in [0.5, 0.6) is 28.7 Å². The first-order valence-electron chi connectivity index (χ1n) is 7.25. The van der Waals surface area contributed by atoms with Crippen molar-refractivity contribution in [3.05, 3.63) is 41.5 Å². The van der Waals surface area contributed by atoms with Crippen molar-refractivity contribution in [2.45, 2.75) is 12.0 Å². The predicted octanol–water partition coefficient (Wildman–Crippen LogP) is 3.03. The SMILES string of the molecule is COc1ccc2c(c1)OC[C@H]1c3ccc4c(c3O[C@@H]21)OCO4. The largest absolute Gasteiger partial charge is 0.497 e. The lowest BCUT2D eigenvalue weighted by atomic mass is 9.89. The summed E-state index contributed by atoms with van der Waals surface area (Å²) in [5.41, 5.74) is 2.16. The summed E-state index contributed by atoms with van der Waals surface area (Å²) in [6.45, 7) is 0.826. The van der Waals surface area contributed by atoms with Crippen molar-refractivity contribution < 1.29 is 23.7 Å². The predicted molar refractivity (Wildman–Crippen MR) is 77.2 cm³/mol. The van der Waals surface area contributed by atoms with E-state index in [2.05, 4.69) is 0 Å². The quantitative estimate of drug-likeness (QED) is 0.810. The van der Waals surface area contributed by atoms with Crippen molar-refractivity contribution in [3.63, 3.8) is 0 Å². The molecular formula is C17H14O5. The number of hydrogen-bond donors (Lipinski definition) is 0. The molecule has 0 bridgehead atoms. The number of rotatable bonds is 1. The Balaban J connectivity index is 1.60. The number of benzene rings is 2. The third-order valence-electron chi connectivity index (χ3n) is 4.48. The average Bonchev–Trinajstić information content (AvgIpc) is 3.17. The maximum atomic E-state index is 6.23. The summed E-state index contributed by atoms with van der Waals surface area (Å²) < 4.78 is 28.4. The molecule has 0 radical (unpaired) electrons. The minimum Gasteiger partial charge on any atom is -0.497 e. The van der Waals surface area contributed by atoms with E-state index < -0.39 is 0 Å². The minimum atomic E-state index is -0.0552. The first-order valence-corrected chi connectivity index (χ1v) is 7.25. The van der Waals surface area contributed by atoms with Crippen LogP contribution in [0.1, 0.15) is 23.1 Å². The molecule has 3 aliphatic rings. The van der Waals surface area contributed by atoms with E-state index in [1.807, 2.05) is 30.3 Å². The Kier molecular flexibility index (Phi) is 2.31. The third kappa shape index (κ3) is 1.48. The van der Waals surface area contributed by atoms with Crippen molar-refractivity contribution >= 4 is 0 Å². The summed E-state index contributed by atoms with van der Waals surface area (Å²) >= 11 is 0. The fourth-order valence-electron chi connectivity index (χ4n) is 3.39. The van der Waals surface area contributed by atoms with E-state index in [-0.39, 0.29) is 18.8 Å². The lowest BCUT2D eigenvalue weighted by Gasteiger charge is -2.28. The van der Waals surface area contributed by atoms with Crippen LogP contribution in [0.2, 0.25) is 0 Å². The molecule has 5 rings (SSSR count). The lowest BCUT2D eigenvalue weighted by Crippen LogP contribution is -2.23. The van der Waals surface area contributed by atoms with Crippen molar-refractivity contribution in [2.24, 2.45) is 0 Å². The topological polar surface area (TPSA) is 46.2 Å². The summed E-state index contributed by atoms with van der Waals surface area (Å²) in [5, 5.41) is 0. The van der Waals surface area contributed by atoms with Gasteiger partial charge < -0.3 is 23.7 Å². The Hall–Kier alpha value is -2.56. The van der Waals surface area contributed by atoms with Gasteiger partial charge in [0.15, 0.2) is 11.5 Å². The Labute approximate surface area is 127 Å². The minimum absolute atomic E-state index is 0.0552. The van der Waals surface area contributed by atoms with Gasteiger partial charge in [-0.2, -0.15) is 0 Å². The molecule has 5 nitrogen and oxygen atoms in total. The second kappa shape index (κ2) is 4.22. The van der Waals surface area contributed by atoms with Crippen LogP contribution < -0.4 is 23.7 Å². The zero-order valence-corrected chi connectivity index (χ0v) is 12.0. The van der Waals surface area contributed by atoms with Crippen molar-refractivity contribution in [3.8, 4) is 28.7 Å². The zero-order valence-electron chi connectivity index (χ0n) is 12.0. The van der Waals surface area contributed by atoms with Gasteiger partial charge in [0.05, 0.1) is 19.6 Å². The normalized spacial score (nSPS) is 23.0. The Morgan fingerprint density at radius 3 is 2.77 bits per heavy atom. The van der Waals surface area contributed by atoms with Crippen LogP contribution in [0, 0.1) is 0 Å². The number of methoxy groups -OCH3 is 1. The van der Waals surface area contributed by atoms with Gasteiger partial charge in [0.2, 0.25) is 12.5 Å². The highest BCUT2D eigenvalue weighted by atomic mass is 16.7. The molecule has 3 aliphatic heterocycles. The second-order valence-electron chi connectivity index (χ2n) is 5.58. The summed E-state index contributed by atoms with van der Waals surface area (Å²) in [6, 6.07) is 9.83. The lowest BCUT2D eigenvalue weighted by molar-refractivity contribution is 0.132. The molecule has 0 unspecified atom stereocenters. The van der Waals surface area contributed by atoms with Gasteiger partial charge in [0, 0.05) is 17.2 Å². The summed E-state index contributed by atoms with van der Waals surface area (Å²) in [4.78, 5) is 0. The first-order chi connectivity index (χ1) is 10.8. The maximum absolute atomic E-state index is 6.23. The van der Waals surface area contributed by atoms with Gasteiger partial charge in [-0.25, -0.2) is 0 Å². The molecule has 112 valence electrons. The molecule has 0 fully saturated rings. The molecule has 0 amide bonds. The zero-order chi connectivity index (χ0) is 14.7. The number of hydrogen-bond acceptors (Lipinski definition) is 5. The summed E-state index contributed by atoms with van der Waals surface area (Å²) in [7, 11) is 1.65. The molecule has 0 N–H and O–H groups in total. The van der Waals surface area contributed by atoms with Crippen molar-refractivity contribution in [1.29, 1.82) is 0 Å². The Bertz CT molecular complexity index is 770. The van der Waals surface area contributed by atoms with Gasteiger partial charge in [-0.05, 0) is 18.2 Å². The number of ether oxygens (including phenoxy) is 5. The molecule has 0 saturated carbocycles. The molecule has 2 aromatic rings.